The van der Waals surface area contributed by atoms with Crippen molar-refractivity contribution in [2.75, 3.05) is 13.7 Å². The molecule has 0 saturated heterocycles. The van der Waals surface area contributed by atoms with Crippen molar-refractivity contribution in [3.8, 4) is 11.5 Å². The molecule has 0 aliphatic carbocycles. The molecule has 1 heterocycles. The predicted molar refractivity (Wildman–Crippen MR) is 97.1 cm³/mol. The molecule has 0 radical (unpaired) electrons. The smallest absolute Gasteiger partial charge is 0.261 e. The van der Waals surface area contributed by atoms with E-state index in [0.717, 1.165) is 11.1 Å². The predicted octanol–water partition coefficient (Wildman–Crippen LogP) is 3.56. The Morgan fingerprint density at radius 2 is 1.80 bits per heavy atom. The first-order valence-corrected chi connectivity index (χ1v) is 8.05. The van der Waals surface area contributed by atoms with Gasteiger partial charge < -0.3 is 14.0 Å². The van der Waals surface area contributed by atoms with Crippen molar-refractivity contribution in [2.45, 2.75) is 6.54 Å². The molecular weight excluding hydrogens is 342 g/mol. The summed E-state index contributed by atoms with van der Waals surface area (Å²) in [5.74, 6) is 1.41. The first kappa shape index (κ1) is 17.0. The molecule has 25 heavy (non-hydrogen) atoms. The molecule has 0 amide bonds. The standard InChI is InChI=1S/C19H16ClNO4/c1-24-16-4-6-17(7-5-16)25-9-8-21-18-11-15(20)3-2-13(18)10-14(12-22)19(21)23/h2-7,10-12H,8-9H2,1H3. The molecule has 5 nitrogen and oxygen atoms in total. The molecule has 2 aromatic carbocycles. The van der Waals surface area contributed by atoms with E-state index >= 15 is 0 Å². The topological polar surface area (TPSA) is 57.5 Å². The van der Waals surface area contributed by atoms with Crippen molar-refractivity contribution < 1.29 is 14.3 Å². The highest BCUT2D eigenvalue weighted by atomic mass is 35.5. The van der Waals surface area contributed by atoms with Crippen molar-refractivity contribution >= 4 is 28.8 Å². The Hall–Kier alpha value is -2.79. The summed E-state index contributed by atoms with van der Waals surface area (Å²) in [5.41, 5.74) is 0.420. The molecule has 0 unspecified atom stereocenters. The van der Waals surface area contributed by atoms with Crippen LogP contribution in [0.5, 0.6) is 11.5 Å². The van der Waals surface area contributed by atoms with Crippen LogP contribution in [0.4, 0.5) is 0 Å². The highest BCUT2D eigenvalue weighted by molar-refractivity contribution is 6.31. The quantitative estimate of drug-likeness (QED) is 0.633. The lowest BCUT2D eigenvalue weighted by molar-refractivity contribution is 0.112. The van der Waals surface area contributed by atoms with Crippen molar-refractivity contribution in [3.63, 3.8) is 0 Å². The van der Waals surface area contributed by atoms with Crippen LogP contribution >= 0.6 is 11.6 Å². The lowest BCUT2D eigenvalue weighted by Crippen LogP contribution is -2.26. The molecule has 0 fully saturated rings. The fourth-order valence-electron chi connectivity index (χ4n) is 2.60. The van der Waals surface area contributed by atoms with Gasteiger partial charge in [0, 0.05) is 5.02 Å². The summed E-state index contributed by atoms with van der Waals surface area (Å²) in [5, 5.41) is 1.30. The lowest BCUT2D eigenvalue weighted by atomic mass is 10.1. The number of fused-ring (bicyclic) bond motifs is 1. The Balaban J connectivity index is 1.86. The molecule has 1 aromatic heterocycles. The minimum atomic E-state index is -0.358. The van der Waals surface area contributed by atoms with E-state index in [1.807, 2.05) is 0 Å². The maximum Gasteiger partial charge on any atom is 0.261 e. The van der Waals surface area contributed by atoms with Crippen LogP contribution in [0.25, 0.3) is 10.9 Å². The van der Waals surface area contributed by atoms with Gasteiger partial charge in [0.05, 0.1) is 24.7 Å². The zero-order chi connectivity index (χ0) is 17.8. The first-order valence-electron chi connectivity index (χ1n) is 7.67. The molecule has 0 aliphatic heterocycles. The van der Waals surface area contributed by atoms with E-state index in [2.05, 4.69) is 0 Å². The van der Waals surface area contributed by atoms with Crippen molar-refractivity contribution in [3.05, 3.63) is 69.5 Å². The van der Waals surface area contributed by atoms with Gasteiger partial charge in [0.15, 0.2) is 6.29 Å². The monoisotopic (exact) mass is 357 g/mol. The molecule has 128 valence electrons. The molecule has 0 bridgehead atoms. The summed E-state index contributed by atoms with van der Waals surface area (Å²) in [4.78, 5) is 23.6. The number of carbonyl (C=O) groups excluding carboxylic acids is 1. The average molecular weight is 358 g/mol. The third kappa shape index (κ3) is 3.67. The highest BCUT2D eigenvalue weighted by Gasteiger charge is 2.09. The summed E-state index contributed by atoms with van der Waals surface area (Å²) in [6, 6.07) is 14.0. The molecule has 6 heteroatoms. The first-order chi connectivity index (χ1) is 12.1. The third-order valence-electron chi connectivity index (χ3n) is 3.86. The number of aldehydes is 1. The van der Waals surface area contributed by atoms with E-state index in [1.165, 1.54) is 4.57 Å². The van der Waals surface area contributed by atoms with Crippen LogP contribution in [0.15, 0.2) is 53.3 Å². The fourth-order valence-corrected chi connectivity index (χ4v) is 2.77. The zero-order valence-electron chi connectivity index (χ0n) is 13.6. The second-order valence-corrected chi connectivity index (χ2v) is 5.84. The molecular formula is C19H16ClNO4. The Bertz CT molecular complexity index is 964. The number of hydrogen-bond acceptors (Lipinski definition) is 4. The number of methoxy groups -OCH3 is 1. The normalized spacial score (nSPS) is 10.6. The Morgan fingerprint density at radius 1 is 1.08 bits per heavy atom. The third-order valence-corrected chi connectivity index (χ3v) is 4.09. The number of halogens is 1. The van der Waals surface area contributed by atoms with Crippen molar-refractivity contribution in [2.24, 2.45) is 0 Å². The van der Waals surface area contributed by atoms with Gasteiger partial charge in [0.25, 0.3) is 5.56 Å². The number of ether oxygens (including phenoxy) is 2. The Kier molecular flexibility index (Phi) is 5.05. The number of pyridine rings is 1. The van der Waals surface area contributed by atoms with Gasteiger partial charge in [-0.15, -0.1) is 0 Å². The van der Waals surface area contributed by atoms with Crippen LogP contribution in [-0.4, -0.2) is 24.6 Å². The molecule has 0 spiro atoms. The van der Waals surface area contributed by atoms with Crippen LogP contribution in [0.3, 0.4) is 0 Å². The molecule has 3 rings (SSSR count). The van der Waals surface area contributed by atoms with Crippen LogP contribution in [0, 0.1) is 0 Å². The van der Waals surface area contributed by atoms with E-state index < -0.39 is 0 Å². The summed E-state index contributed by atoms with van der Waals surface area (Å²) in [6.07, 6.45) is 0.567. The van der Waals surface area contributed by atoms with E-state index in [4.69, 9.17) is 21.1 Å². The minimum Gasteiger partial charge on any atom is -0.497 e. The van der Waals surface area contributed by atoms with Crippen molar-refractivity contribution in [1.29, 1.82) is 0 Å². The van der Waals surface area contributed by atoms with Gasteiger partial charge in [0.1, 0.15) is 18.1 Å². The average Bonchev–Trinajstić information content (AvgIpc) is 2.64. The second-order valence-electron chi connectivity index (χ2n) is 5.40. The van der Waals surface area contributed by atoms with Crippen LogP contribution in [-0.2, 0) is 6.54 Å². The fraction of sp³-hybridized carbons (Fsp3) is 0.158. The summed E-state index contributed by atoms with van der Waals surface area (Å²) < 4.78 is 12.3. The minimum absolute atomic E-state index is 0.110. The van der Waals surface area contributed by atoms with Gasteiger partial charge in [-0.2, -0.15) is 0 Å². The number of hydrogen-bond donors (Lipinski definition) is 0. The Morgan fingerprint density at radius 3 is 2.48 bits per heavy atom. The number of carbonyl (C=O) groups is 1. The van der Waals surface area contributed by atoms with Gasteiger partial charge in [-0.3, -0.25) is 9.59 Å². The van der Waals surface area contributed by atoms with Crippen molar-refractivity contribution in [1.82, 2.24) is 4.57 Å². The van der Waals surface area contributed by atoms with E-state index in [9.17, 15) is 9.59 Å². The molecule has 0 saturated carbocycles. The lowest BCUT2D eigenvalue weighted by Gasteiger charge is -2.13. The number of rotatable bonds is 6. The zero-order valence-corrected chi connectivity index (χ0v) is 14.3. The van der Waals surface area contributed by atoms with E-state index in [-0.39, 0.29) is 17.7 Å². The molecule has 0 N–H and O–H groups in total. The van der Waals surface area contributed by atoms with Crippen LogP contribution < -0.4 is 15.0 Å². The van der Waals surface area contributed by atoms with E-state index in [1.54, 1.807) is 55.6 Å². The second kappa shape index (κ2) is 7.40. The number of benzene rings is 2. The molecule has 0 atom stereocenters. The summed E-state index contributed by atoms with van der Waals surface area (Å²) in [6.45, 7) is 0.569. The SMILES string of the molecule is COc1ccc(OCCn2c(=O)c(C=O)cc3ccc(Cl)cc32)cc1. The highest BCUT2D eigenvalue weighted by Crippen LogP contribution is 2.20. The molecule has 0 aliphatic rings. The number of nitrogens with zero attached hydrogens (tertiary/aromatic N) is 1. The van der Waals surface area contributed by atoms with Crippen LogP contribution in [0.2, 0.25) is 5.02 Å². The van der Waals surface area contributed by atoms with Gasteiger partial charge in [-0.1, -0.05) is 17.7 Å². The maximum absolute atomic E-state index is 12.5. The van der Waals surface area contributed by atoms with Gasteiger partial charge in [-0.05, 0) is 47.9 Å². The summed E-state index contributed by atoms with van der Waals surface area (Å²) in [7, 11) is 1.60. The summed E-state index contributed by atoms with van der Waals surface area (Å²) >= 11 is 6.05. The van der Waals surface area contributed by atoms with E-state index in [0.29, 0.717) is 29.1 Å². The van der Waals surface area contributed by atoms with Gasteiger partial charge in [0.2, 0.25) is 0 Å². The largest absolute Gasteiger partial charge is 0.497 e. The van der Waals surface area contributed by atoms with Gasteiger partial charge >= 0.3 is 0 Å². The Labute approximate surface area is 149 Å². The van der Waals surface area contributed by atoms with Crippen LogP contribution in [0.1, 0.15) is 10.4 Å². The number of aromatic nitrogens is 1. The molecule has 3 aromatic rings. The maximum atomic E-state index is 12.5. The van der Waals surface area contributed by atoms with Gasteiger partial charge in [-0.25, -0.2) is 0 Å².